The first-order valence-corrected chi connectivity index (χ1v) is 10.9. The van der Waals surface area contributed by atoms with E-state index in [9.17, 15) is 13.2 Å². The van der Waals surface area contributed by atoms with Gasteiger partial charge in [0.05, 0.1) is 5.75 Å². The van der Waals surface area contributed by atoms with Crippen molar-refractivity contribution in [1.29, 1.82) is 0 Å². The van der Waals surface area contributed by atoms with E-state index in [0.717, 1.165) is 12.8 Å². The average molecular weight is 369 g/mol. The van der Waals surface area contributed by atoms with Gasteiger partial charge in [-0.3, -0.25) is 4.79 Å². The Balaban J connectivity index is 2.04. The lowest BCUT2D eigenvalue weighted by molar-refractivity contribution is -0.125. The van der Waals surface area contributed by atoms with Crippen molar-refractivity contribution in [3.05, 3.63) is 23.3 Å². The van der Waals surface area contributed by atoms with E-state index in [1.54, 1.807) is 17.9 Å². The second kappa shape index (κ2) is 8.04. The smallest absolute Gasteiger partial charge is 0.246 e. The van der Waals surface area contributed by atoms with Gasteiger partial charge in [0.15, 0.2) is 0 Å². The molecule has 25 heavy (non-hydrogen) atoms. The summed E-state index contributed by atoms with van der Waals surface area (Å²) < 4.78 is 25.6. The van der Waals surface area contributed by atoms with E-state index in [0.29, 0.717) is 32.6 Å². The summed E-state index contributed by atoms with van der Waals surface area (Å²) >= 11 is 0. The number of nitrogens with zero attached hydrogens (tertiary/aromatic N) is 2. The van der Waals surface area contributed by atoms with Crippen LogP contribution in [0.15, 0.2) is 23.3 Å². The van der Waals surface area contributed by atoms with Gasteiger partial charge in [-0.2, -0.15) is 0 Å². The van der Waals surface area contributed by atoms with E-state index in [4.69, 9.17) is 0 Å². The monoisotopic (exact) mass is 368 g/mol. The Morgan fingerprint density at radius 1 is 1.16 bits per heavy atom. The number of rotatable bonds is 4. The van der Waals surface area contributed by atoms with Crippen LogP contribution in [0.25, 0.3) is 0 Å². The Morgan fingerprint density at radius 3 is 2.52 bits per heavy atom. The highest BCUT2D eigenvalue weighted by Crippen LogP contribution is 2.40. The predicted octanol–water partition coefficient (Wildman–Crippen LogP) is 2.95. The molecule has 1 fully saturated rings. The molecule has 1 aliphatic heterocycles. The summed E-state index contributed by atoms with van der Waals surface area (Å²) in [6.45, 7) is 10.3. The van der Waals surface area contributed by atoms with Gasteiger partial charge in [-0.25, -0.2) is 12.7 Å². The Hall–Kier alpha value is -1.14. The second-order valence-corrected chi connectivity index (χ2v) is 10.0. The number of amides is 1. The molecule has 1 saturated heterocycles. The SMILES string of the molecule is CCS(=O)(=O)N1CCCN(C(=O)/C=C/C2=C(C)CCCC2(C)C)CC1. The van der Waals surface area contributed by atoms with Crippen LogP contribution in [-0.4, -0.2) is 55.5 Å². The summed E-state index contributed by atoms with van der Waals surface area (Å²) in [6.07, 6.45) is 7.80. The summed E-state index contributed by atoms with van der Waals surface area (Å²) in [5, 5.41) is 0. The van der Waals surface area contributed by atoms with E-state index in [1.165, 1.54) is 21.9 Å². The van der Waals surface area contributed by atoms with Crippen molar-refractivity contribution in [2.45, 2.75) is 53.4 Å². The molecule has 0 unspecified atom stereocenters. The van der Waals surface area contributed by atoms with Crippen molar-refractivity contribution in [3.63, 3.8) is 0 Å². The zero-order valence-corrected chi connectivity index (χ0v) is 16.9. The quantitative estimate of drug-likeness (QED) is 0.717. The molecule has 1 amide bonds. The van der Waals surface area contributed by atoms with E-state index >= 15 is 0 Å². The van der Waals surface area contributed by atoms with Crippen molar-refractivity contribution in [1.82, 2.24) is 9.21 Å². The molecule has 1 heterocycles. The number of carbonyl (C=O) groups is 1. The Morgan fingerprint density at radius 2 is 1.88 bits per heavy atom. The van der Waals surface area contributed by atoms with Crippen LogP contribution >= 0.6 is 0 Å². The topological polar surface area (TPSA) is 57.7 Å². The molecule has 142 valence electrons. The van der Waals surface area contributed by atoms with Crippen LogP contribution in [0, 0.1) is 5.41 Å². The zero-order valence-electron chi connectivity index (χ0n) is 16.0. The van der Waals surface area contributed by atoms with Gasteiger partial charge < -0.3 is 4.90 Å². The molecule has 0 spiro atoms. The molecule has 2 rings (SSSR count). The molecule has 0 radical (unpaired) electrons. The fraction of sp³-hybridized carbons (Fsp3) is 0.737. The highest BCUT2D eigenvalue weighted by Gasteiger charge is 2.28. The first-order chi connectivity index (χ1) is 11.7. The fourth-order valence-electron chi connectivity index (χ4n) is 3.85. The molecule has 0 aromatic carbocycles. The molecule has 1 aliphatic carbocycles. The summed E-state index contributed by atoms with van der Waals surface area (Å²) in [7, 11) is -3.18. The molecule has 6 heteroatoms. The number of sulfonamides is 1. The molecule has 0 aromatic heterocycles. The van der Waals surface area contributed by atoms with Gasteiger partial charge in [0, 0.05) is 32.3 Å². The van der Waals surface area contributed by atoms with Crippen LogP contribution in [0.3, 0.4) is 0 Å². The highest BCUT2D eigenvalue weighted by molar-refractivity contribution is 7.89. The van der Waals surface area contributed by atoms with Crippen molar-refractivity contribution < 1.29 is 13.2 Å². The number of hydrogen-bond acceptors (Lipinski definition) is 3. The van der Waals surface area contributed by atoms with E-state index < -0.39 is 10.0 Å². The second-order valence-electron chi connectivity index (χ2n) is 7.74. The van der Waals surface area contributed by atoms with E-state index in [-0.39, 0.29) is 17.1 Å². The lowest BCUT2D eigenvalue weighted by Crippen LogP contribution is -2.37. The molecule has 0 bridgehead atoms. The number of carbonyl (C=O) groups excluding carboxylic acids is 1. The molecule has 0 saturated carbocycles. The minimum Gasteiger partial charge on any atom is -0.338 e. The first-order valence-electron chi connectivity index (χ1n) is 9.32. The van der Waals surface area contributed by atoms with Gasteiger partial charge in [0.1, 0.15) is 0 Å². The minimum absolute atomic E-state index is 0.0163. The van der Waals surface area contributed by atoms with Gasteiger partial charge in [-0.05, 0) is 50.5 Å². The van der Waals surface area contributed by atoms with Gasteiger partial charge in [-0.15, -0.1) is 0 Å². The lowest BCUT2D eigenvalue weighted by atomic mass is 9.72. The molecule has 0 atom stereocenters. The summed E-state index contributed by atoms with van der Waals surface area (Å²) in [5.41, 5.74) is 2.76. The van der Waals surface area contributed by atoms with Crippen molar-refractivity contribution in [3.8, 4) is 0 Å². The highest BCUT2D eigenvalue weighted by atomic mass is 32.2. The summed E-state index contributed by atoms with van der Waals surface area (Å²) in [5.74, 6) is 0.0982. The Bertz CT molecular complexity index is 662. The normalized spacial score (nSPS) is 23.1. The van der Waals surface area contributed by atoms with Crippen LogP contribution in [-0.2, 0) is 14.8 Å². The third-order valence-corrected chi connectivity index (χ3v) is 7.34. The van der Waals surface area contributed by atoms with Crippen LogP contribution in [0.4, 0.5) is 0 Å². The first kappa shape index (κ1) is 20.2. The standard InChI is InChI=1S/C19H32N2O3S/c1-5-25(23,24)21-13-7-12-20(14-15-21)18(22)10-9-17-16(2)8-6-11-19(17,3)4/h9-10H,5-8,11-15H2,1-4H3/b10-9+. The van der Waals surface area contributed by atoms with Crippen molar-refractivity contribution in [2.24, 2.45) is 5.41 Å². The van der Waals surface area contributed by atoms with E-state index in [2.05, 4.69) is 20.8 Å². The molecular weight excluding hydrogens is 336 g/mol. The third kappa shape index (κ3) is 4.94. The van der Waals surface area contributed by atoms with Gasteiger partial charge in [-0.1, -0.05) is 25.5 Å². The van der Waals surface area contributed by atoms with Crippen LogP contribution in [0.5, 0.6) is 0 Å². The largest absolute Gasteiger partial charge is 0.338 e. The fourth-order valence-corrected chi connectivity index (χ4v) is 4.98. The average Bonchev–Trinajstić information content (AvgIpc) is 2.80. The molecule has 2 aliphatic rings. The maximum Gasteiger partial charge on any atom is 0.246 e. The van der Waals surface area contributed by atoms with Crippen molar-refractivity contribution >= 4 is 15.9 Å². The Labute approximate surface area is 152 Å². The maximum atomic E-state index is 12.6. The molecule has 5 nitrogen and oxygen atoms in total. The Kier molecular flexibility index (Phi) is 6.49. The summed E-state index contributed by atoms with van der Waals surface area (Å²) in [4.78, 5) is 14.4. The summed E-state index contributed by atoms with van der Waals surface area (Å²) in [6, 6.07) is 0. The molecule has 0 aromatic rings. The maximum absolute atomic E-state index is 12.6. The number of hydrogen-bond donors (Lipinski definition) is 0. The van der Waals surface area contributed by atoms with Gasteiger partial charge in [0.2, 0.25) is 15.9 Å². The predicted molar refractivity (Wildman–Crippen MR) is 102 cm³/mol. The van der Waals surface area contributed by atoms with Crippen LogP contribution < -0.4 is 0 Å². The number of allylic oxidation sites excluding steroid dienone is 3. The van der Waals surface area contributed by atoms with E-state index in [1.807, 2.05) is 6.08 Å². The van der Waals surface area contributed by atoms with Gasteiger partial charge >= 0.3 is 0 Å². The molecule has 0 N–H and O–H groups in total. The van der Waals surface area contributed by atoms with Gasteiger partial charge in [0.25, 0.3) is 0 Å². The van der Waals surface area contributed by atoms with Crippen LogP contribution in [0.1, 0.15) is 53.4 Å². The minimum atomic E-state index is -3.18. The zero-order chi connectivity index (χ0) is 18.7. The molecular formula is C19H32N2O3S. The van der Waals surface area contributed by atoms with Crippen LogP contribution in [0.2, 0.25) is 0 Å². The lowest BCUT2D eigenvalue weighted by Gasteiger charge is -2.33. The third-order valence-electron chi connectivity index (χ3n) is 5.46. The van der Waals surface area contributed by atoms with Crippen molar-refractivity contribution in [2.75, 3.05) is 31.9 Å².